The van der Waals surface area contributed by atoms with Gasteiger partial charge in [-0.1, -0.05) is 91.5 Å². The maximum absolute atomic E-state index is 12.5. The third-order valence-electron chi connectivity index (χ3n) is 6.48. The van der Waals surface area contributed by atoms with Crippen LogP contribution in [0.4, 0.5) is 0 Å². The van der Waals surface area contributed by atoms with Gasteiger partial charge < -0.3 is 0 Å². The van der Waals surface area contributed by atoms with E-state index in [1.54, 1.807) is 6.08 Å². The summed E-state index contributed by atoms with van der Waals surface area (Å²) in [4.78, 5) is 0. The van der Waals surface area contributed by atoms with Crippen LogP contribution in [0, 0.1) is 0 Å². The average molecular weight is 502 g/mol. The molecule has 4 rings (SSSR count). The molecular weight excluding hydrogens is 471 g/mol. The van der Waals surface area contributed by atoms with Crippen molar-refractivity contribution in [3.63, 3.8) is 0 Å². The Morgan fingerprint density at radius 3 is 1.51 bits per heavy atom. The summed E-state index contributed by atoms with van der Waals surface area (Å²) >= 11 is 0. The molecule has 0 fully saturated rings. The van der Waals surface area contributed by atoms with E-state index in [-0.39, 0.29) is 6.42 Å². The highest BCUT2D eigenvalue weighted by Crippen LogP contribution is 2.56. The topological polar surface area (TPSA) is 54.4 Å². The Hall–Kier alpha value is -3.04. The fourth-order valence-electron chi connectivity index (χ4n) is 4.63. The van der Waals surface area contributed by atoms with Crippen molar-refractivity contribution in [1.82, 2.24) is 0 Å². The lowest BCUT2D eigenvalue weighted by Gasteiger charge is -2.29. The highest BCUT2D eigenvalue weighted by atomic mass is 32.2. The second kappa shape index (κ2) is 11.1. The standard InChI is InChI=1S/C30H29O3PS/c1-2-25-18-20-26(21-19-25)24-30(35(31,32)33)22-23-34(27-12-6-3-7-13-27,28-14-8-4-9-15-28)29-16-10-5-11-17-29/h2-21,30H,1,22-24H2/p+1. The third kappa shape index (κ3) is 5.79. The molecule has 3 nitrogen and oxygen atoms in total. The maximum atomic E-state index is 12.5. The van der Waals surface area contributed by atoms with Crippen LogP contribution in [0.15, 0.2) is 122 Å². The molecule has 4 aromatic rings. The molecule has 0 aromatic heterocycles. The Kier molecular flexibility index (Phi) is 7.97. The van der Waals surface area contributed by atoms with Crippen LogP contribution in [-0.2, 0) is 16.5 Å². The molecule has 0 heterocycles. The van der Waals surface area contributed by atoms with Crippen molar-refractivity contribution in [2.75, 3.05) is 6.16 Å². The summed E-state index contributed by atoms with van der Waals surface area (Å²) in [5.74, 6) is 0. The van der Waals surface area contributed by atoms with Gasteiger partial charge in [-0.15, -0.1) is 0 Å². The van der Waals surface area contributed by atoms with Gasteiger partial charge in [0, 0.05) is 6.42 Å². The van der Waals surface area contributed by atoms with Gasteiger partial charge in [-0.2, -0.15) is 8.42 Å². The van der Waals surface area contributed by atoms with Gasteiger partial charge in [0.15, 0.2) is 0 Å². The van der Waals surface area contributed by atoms with E-state index < -0.39 is 22.6 Å². The first-order chi connectivity index (χ1) is 16.9. The van der Waals surface area contributed by atoms with E-state index in [0.29, 0.717) is 12.6 Å². The number of benzene rings is 4. The fraction of sp³-hybridized carbons (Fsp3) is 0.133. The molecule has 0 spiro atoms. The van der Waals surface area contributed by atoms with Gasteiger partial charge in [-0.3, -0.25) is 4.55 Å². The first kappa shape index (κ1) is 25.1. The minimum absolute atomic E-state index is 0.259. The van der Waals surface area contributed by atoms with Gasteiger partial charge in [-0.25, -0.2) is 0 Å². The van der Waals surface area contributed by atoms with Gasteiger partial charge in [0.05, 0.1) is 11.4 Å². The van der Waals surface area contributed by atoms with Crippen LogP contribution < -0.4 is 15.9 Å². The monoisotopic (exact) mass is 501 g/mol. The Morgan fingerprint density at radius 2 is 1.14 bits per heavy atom. The summed E-state index contributed by atoms with van der Waals surface area (Å²) in [6.07, 6.45) is 2.98. The summed E-state index contributed by atoms with van der Waals surface area (Å²) in [5.41, 5.74) is 1.85. The van der Waals surface area contributed by atoms with Gasteiger partial charge >= 0.3 is 0 Å². The number of rotatable bonds is 10. The normalized spacial score (nSPS) is 12.7. The zero-order valence-corrected chi connectivity index (χ0v) is 21.3. The van der Waals surface area contributed by atoms with E-state index in [9.17, 15) is 13.0 Å². The van der Waals surface area contributed by atoms with Crippen LogP contribution in [0.2, 0.25) is 0 Å². The van der Waals surface area contributed by atoms with Crippen LogP contribution >= 0.6 is 7.26 Å². The predicted octanol–water partition coefficient (Wildman–Crippen LogP) is 5.51. The Balaban J connectivity index is 1.78. The molecular formula is C30H30O3PS+. The molecule has 4 aromatic carbocycles. The highest BCUT2D eigenvalue weighted by molar-refractivity contribution is 7.95. The molecule has 0 bridgehead atoms. The quantitative estimate of drug-likeness (QED) is 0.230. The molecule has 178 valence electrons. The van der Waals surface area contributed by atoms with Gasteiger partial charge in [-0.05, 0) is 53.9 Å². The molecule has 0 saturated heterocycles. The Bertz CT molecular complexity index is 1240. The van der Waals surface area contributed by atoms with E-state index in [1.807, 2.05) is 78.9 Å². The summed E-state index contributed by atoms with van der Waals surface area (Å²) in [6, 6.07) is 38.7. The molecule has 5 heteroatoms. The molecule has 0 radical (unpaired) electrons. The molecule has 1 unspecified atom stereocenters. The molecule has 0 aliphatic heterocycles. The van der Waals surface area contributed by atoms with E-state index in [4.69, 9.17) is 0 Å². The average Bonchev–Trinajstić information content (AvgIpc) is 2.90. The summed E-state index contributed by atoms with van der Waals surface area (Å²) in [5, 5.41) is 2.69. The lowest BCUT2D eigenvalue weighted by molar-refractivity contribution is 0.463. The van der Waals surface area contributed by atoms with Crippen LogP contribution in [0.5, 0.6) is 0 Å². The van der Waals surface area contributed by atoms with Crippen LogP contribution in [0.1, 0.15) is 17.5 Å². The predicted molar refractivity (Wildman–Crippen MR) is 150 cm³/mol. The summed E-state index contributed by atoms with van der Waals surface area (Å²) < 4.78 is 35.3. The largest absolute Gasteiger partial charge is 0.285 e. The molecule has 0 aliphatic carbocycles. The number of hydrogen-bond donors (Lipinski definition) is 1. The lowest BCUT2D eigenvalue weighted by atomic mass is 10.1. The maximum Gasteiger partial charge on any atom is 0.268 e. The summed E-state index contributed by atoms with van der Waals surface area (Å²) in [6.45, 7) is 3.77. The first-order valence-electron chi connectivity index (χ1n) is 11.7. The van der Waals surface area contributed by atoms with Crippen molar-refractivity contribution in [1.29, 1.82) is 0 Å². The summed E-state index contributed by atoms with van der Waals surface area (Å²) in [7, 11) is -6.43. The van der Waals surface area contributed by atoms with E-state index in [1.165, 1.54) is 15.9 Å². The third-order valence-corrected chi connectivity index (χ3v) is 12.2. The van der Waals surface area contributed by atoms with Crippen molar-refractivity contribution in [2.45, 2.75) is 18.1 Å². The van der Waals surface area contributed by atoms with Crippen LogP contribution in [0.3, 0.4) is 0 Å². The minimum Gasteiger partial charge on any atom is -0.285 e. The van der Waals surface area contributed by atoms with E-state index in [0.717, 1.165) is 11.1 Å². The van der Waals surface area contributed by atoms with Crippen molar-refractivity contribution < 1.29 is 13.0 Å². The Labute approximate surface area is 209 Å². The zero-order chi connectivity index (χ0) is 24.7. The smallest absolute Gasteiger partial charge is 0.268 e. The van der Waals surface area contributed by atoms with Gasteiger partial charge in [0.2, 0.25) is 0 Å². The van der Waals surface area contributed by atoms with Crippen molar-refractivity contribution in [2.24, 2.45) is 0 Å². The molecule has 0 amide bonds. The van der Waals surface area contributed by atoms with Gasteiger partial charge in [0.1, 0.15) is 23.2 Å². The van der Waals surface area contributed by atoms with Gasteiger partial charge in [0.25, 0.3) is 10.1 Å². The molecule has 35 heavy (non-hydrogen) atoms. The second-order valence-corrected chi connectivity index (χ2v) is 13.9. The molecule has 0 saturated carbocycles. The van der Waals surface area contributed by atoms with Crippen molar-refractivity contribution in [3.8, 4) is 0 Å². The van der Waals surface area contributed by atoms with E-state index in [2.05, 4.69) is 43.0 Å². The molecule has 1 N–H and O–H groups in total. The first-order valence-corrected chi connectivity index (χ1v) is 15.1. The zero-order valence-electron chi connectivity index (χ0n) is 19.6. The second-order valence-electron chi connectivity index (χ2n) is 8.62. The molecule has 0 aliphatic rings. The van der Waals surface area contributed by atoms with Crippen LogP contribution in [-0.4, -0.2) is 24.4 Å². The lowest BCUT2D eigenvalue weighted by Crippen LogP contribution is -2.35. The minimum atomic E-state index is -4.25. The SMILES string of the molecule is C=Cc1ccc(CC(CC[P+](c2ccccc2)(c2ccccc2)c2ccccc2)S(=O)(=O)O)cc1. The number of hydrogen-bond acceptors (Lipinski definition) is 2. The molecule has 1 atom stereocenters. The van der Waals surface area contributed by atoms with Crippen molar-refractivity contribution >= 4 is 39.4 Å². The highest BCUT2D eigenvalue weighted by Gasteiger charge is 2.46. The Morgan fingerprint density at radius 1 is 0.714 bits per heavy atom. The van der Waals surface area contributed by atoms with Crippen LogP contribution in [0.25, 0.3) is 6.08 Å². The van der Waals surface area contributed by atoms with Crippen molar-refractivity contribution in [3.05, 3.63) is 133 Å². The van der Waals surface area contributed by atoms with E-state index >= 15 is 0 Å². The fourth-order valence-corrected chi connectivity index (χ4v) is 10.0.